The van der Waals surface area contributed by atoms with Gasteiger partial charge in [0.2, 0.25) is 0 Å². The zero-order valence-electron chi connectivity index (χ0n) is 12.1. The molecule has 3 heterocycles. The van der Waals surface area contributed by atoms with Gasteiger partial charge in [0, 0.05) is 50.4 Å². The highest BCUT2D eigenvalue weighted by Crippen LogP contribution is 2.19. The van der Waals surface area contributed by atoms with Gasteiger partial charge >= 0.3 is 0 Å². The van der Waals surface area contributed by atoms with Crippen LogP contribution >= 0.6 is 0 Å². The van der Waals surface area contributed by atoms with Gasteiger partial charge < -0.3 is 15.0 Å². The number of piperidine rings is 1. The van der Waals surface area contributed by atoms with Crippen molar-refractivity contribution in [2.24, 2.45) is 0 Å². The summed E-state index contributed by atoms with van der Waals surface area (Å²) in [4.78, 5) is 6.54. The predicted molar refractivity (Wildman–Crippen MR) is 81.1 cm³/mol. The topological polar surface area (TPSA) is 37.4 Å². The number of hydrogen-bond acceptors (Lipinski definition) is 4. The van der Waals surface area contributed by atoms with Crippen LogP contribution in [0.25, 0.3) is 0 Å². The molecule has 0 bridgehead atoms. The fraction of sp³-hybridized carbons (Fsp3) is 0.688. The number of nitrogens with zero attached hydrogens (tertiary/aromatic N) is 2. The van der Waals surface area contributed by atoms with E-state index in [2.05, 4.69) is 27.3 Å². The monoisotopic (exact) mass is 275 g/mol. The molecule has 0 amide bonds. The van der Waals surface area contributed by atoms with Gasteiger partial charge in [-0.05, 0) is 44.2 Å². The lowest BCUT2D eigenvalue weighted by molar-refractivity contribution is 0.0149. The molecule has 2 aliphatic heterocycles. The first-order valence-electron chi connectivity index (χ1n) is 7.92. The van der Waals surface area contributed by atoms with E-state index in [4.69, 9.17) is 4.74 Å². The first-order chi connectivity index (χ1) is 9.92. The van der Waals surface area contributed by atoms with Gasteiger partial charge in [0.05, 0.1) is 6.10 Å². The maximum atomic E-state index is 5.78. The van der Waals surface area contributed by atoms with Crippen LogP contribution in [0.5, 0.6) is 0 Å². The molecule has 20 heavy (non-hydrogen) atoms. The SMILES string of the molecule is c1cc(N2CCC(NCC3CCCCO3)CC2)ccn1. The molecule has 2 fully saturated rings. The maximum Gasteiger partial charge on any atom is 0.0699 e. The first kappa shape index (κ1) is 13.8. The summed E-state index contributed by atoms with van der Waals surface area (Å²) >= 11 is 0. The fourth-order valence-corrected chi connectivity index (χ4v) is 3.16. The highest BCUT2D eigenvalue weighted by Gasteiger charge is 2.21. The van der Waals surface area contributed by atoms with E-state index in [1.807, 2.05) is 12.4 Å². The van der Waals surface area contributed by atoms with Crippen molar-refractivity contribution in [2.75, 3.05) is 31.1 Å². The molecular formula is C16H25N3O. The van der Waals surface area contributed by atoms with Crippen LogP contribution in [-0.2, 0) is 4.74 Å². The molecular weight excluding hydrogens is 250 g/mol. The Kier molecular flexibility index (Phi) is 4.87. The van der Waals surface area contributed by atoms with Crippen LogP contribution < -0.4 is 10.2 Å². The summed E-state index contributed by atoms with van der Waals surface area (Å²) in [6.45, 7) is 4.24. The summed E-state index contributed by atoms with van der Waals surface area (Å²) in [6, 6.07) is 4.85. The molecule has 2 saturated heterocycles. The number of rotatable bonds is 4. The van der Waals surface area contributed by atoms with Crippen LogP contribution in [0.3, 0.4) is 0 Å². The molecule has 4 nitrogen and oxygen atoms in total. The highest BCUT2D eigenvalue weighted by molar-refractivity contribution is 5.44. The Morgan fingerprint density at radius 1 is 1.15 bits per heavy atom. The largest absolute Gasteiger partial charge is 0.377 e. The second-order valence-corrected chi connectivity index (χ2v) is 5.86. The molecule has 2 aliphatic rings. The van der Waals surface area contributed by atoms with E-state index in [0.29, 0.717) is 12.1 Å². The van der Waals surface area contributed by atoms with Crippen molar-refractivity contribution in [2.45, 2.75) is 44.2 Å². The third-order valence-corrected chi connectivity index (χ3v) is 4.43. The van der Waals surface area contributed by atoms with Crippen LogP contribution in [0.1, 0.15) is 32.1 Å². The van der Waals surface area contributed by atoms with Gasteiger partial charge in [-0.3, -0.25) is 4.98 Å². The molecule has 0 spiro atoms. The minimum absolute atomic E-state index is 0.446. The van der Waals surface area contributed by atoms with E-state index in [9.17, 15) is 0 Å². The highest BCUT2D eigenvalue weighted by atomic mass is 16.5. The maximum absolute atomic E-state index is 5.78. The minimum atomic E-state index is 0.446. The van der Waals surface area contributed by atoms with E-state index in [1.54, 1.807) is 0 Å². The summed E-state index contributed by atoms with van der Waals surface area (Å²) in [5.41, 5.74) is 1.30. The quantitative estimate of drug-likeness (QED) is 0.914. The molecule has 4 heteroatoms. The van der Waals surface area contributed by atoms with E-state index in [0.717, 1.165) is 26.2 Å². The summed E-state index contributed by atoms with van der Waals surface area (Å²) in [5.74, 6) is 0. The lowest BCUT2D eigenvalue weighted by Crippen LogP contribution is -2.45. The van der Waals surface area contributed by atoms with E-state index >= 15 is 0 Å². The fourth-order valence-electron chi connectivity index (χ4n) is 3.16. The average Bonchev–Trinajstić information content (AvgIpc) is 2.55. The molecule has 1 N–H and O–H groups in total. The molecule has 0 aromatic carbocycles. The average molecular weight is 275 g/mol. The van der Waals surface area contributed by atoms with Crippen LogP contribution in [0.4, 0.5) is 5.69 Å². The normalized spacial score (nSPS) is 24.8. The Balaban J connectivity index is 1.40. The van der Waals surface area contributed by atoms with Crippen molar-refractivity contribution in [3.63, 3.8) is 0 Å². The van der Waals surface area contributed by atoms with Crippen molar-refractivity contribution < 1.29 is 4.74 Å². The van der Waals surface area contributed by atoms with Gasteiger partial charge in [0.25, 0.3) is 0 Å². The molecule has 110 valence electrons. The van der Waals surface area contributed by atoms with E-state index < -0.39 is 0 Å². The van der Waals surface area contributed by atoms with Gasteiger partial charge in [0.1, 0.15) is 0 Å². The molecule has 1 aromatic heterocycles. The zero-order chi connectivity index (χ0) is 13.6. The molecule has 3 rings (SSSR count). The van der Waals surface area contributed by atoms with Gasteiger partial charge in [-0.15, -0.1) is 0 Å². The van der Waals surface area contributed by atoms with Gasteiger partial charge in [-0.25, -0.2) is 0 Å². The summed E-state index contributed by atoms with van der Waals surface area (Å²) < 4.78 is 5.78. The van der Waals surface area contributed by atoms with Crippen molar-refractivity contribution in [3.05, 3.63) is 24.5 Å². The van der Waals surface area contributed by atoms with Crippen molar-refractivity contribution in [1.82, 2.24) is 10.3 Å². The third-order valence-electron chi connectivity index (χ3n) is 4.43. The molecule has 1 unspecified atom stereocenters. The molecule has 0 radical (unpaired) electrons. The Hall–Kier alpha value is -1.13. The van der Waals surface area contributed by atoms with Gasteiger partial charge in [-0.2, -0.15) is 0 Å². The summed E-state index contributed by atoms with van der Waals surface area (Å²) in [6.07, 6.45) is 10.4. The van der Waals surface area contributed by atoms with Crippen LogP contribution in [0.2, 0.25) is 0 Å². The summed E-state index contributed by atoms with van der Waals surface area (Å²) in [7, 11) is 0. The second kappa shape index (κ2) is 7.04. The Morgan fingerprint density at radius 3 is 2.65 bits per heavy atom. The lowest BCUT2D eigenvalue weighted by Gasteiger charge is -2.35. The van der Waals surface area contributed by atoms with E-state index in [1.165, 1.54) is 37.8 Å². The van der Waals surface area contributed by atoms with Crippen molar-refractivity contribution in [3.8, 4) is 0 Å². The van der Waals surface area contributed by atoms with Crippen LogP contribution in [0.15, 0.2) is 24.5 Å². The number of ether oxygens (including phenoxy) is 1. The Labute approximate surface area is 121 Å². The molecule has 0 aliphatic carbocycles. The Morgan fingerprint density at radius 2 is 1.95 bits per heavy atom. The third kappa shape index (κ3) is 3.70. The molecule has 1 atom stereocenters. The summed E-state index contributed by atoms with van der Waals surface area (Å²) in [5, 5.41) is 3.70. The van der Waals surface area contributed by atoms with E-state index in [-0.39, 0.29) is 0 Å². The second-order valence-electron chi connectivity index (χ2n) is 5.86. The first-order valence-corrected chi connectivity index (χ1v) is 7.92. The predicted octanol–water partition coefficient (Wildman–Crippen LogP) is 2.21. The minimum Gasteiger partial charge on any atom is -0.377 e. The standard InChI is InChI=1S/C16H25N3O/c1-2-12-20-16(3-1)13-18-14-6-10-19(11-7-14)15-4-8-17-9-5-15/h4-5,8-9,14,16,18H,1-3,6-7,10-13H2. The van der Waals surface area contributed by atoms with Crippen LogP contribution in [0, 0.1) is 0 Å². The van der Waals surface area contributed by atoms with Crippen molar-refractivity contribution >= 4 is 5.69 Å². The van der Waals surface area contributed by atoms with Gasteiger partial charge in [-0.1, -0.05) is 0 Å². The number of pyridine rings is 1. The van der Waals surface area contributed by atoms with Gasteiger partial charge in [0.15, 0.2) is 0 Å². The number of nitrogens with one attached hydrogen (secondary N) is 1. The number of anilines is 1. The molecule has 1 aromatic rings. The molecule has 0 saturated carbocycles. The zero-order valence-corrected chi connectivity index (χ0v) is 12.1. The Bertz CT molecular complexity index is 384. The lowest BCUT2D eigenvalue weighted by atomic mass is 10.0. The van der Waals surface area contributed by atoms with Crippen molar-refractivity contribution in [1.29, 1.82) is 0 Å². The smallest absolute Gasteiger partial charge is 0.0699 e. The van der Waals surface area contributed by atoms with Crippen LogP contribution in [-0.4, -0.2) is 43.4 Å². The number of hydrogen-bond donors (Lipinski definition) is 1. The number of aromatic nitrogens is 1.